The molecule has 2 aliphatic rings. The normalized spacial score (nSPS) is 18.0. The van der Waals surface area contributed by atoms with Crippen molar-refractivity contribution in [1.82, 2.24) is 24.7 Å². The number of alkyl halides is 3. The molecule has 0 aliphatic carbocycles. The second kappa shape index (κ2) is 10.1. The third-order valence-electron chi connectivity index (χ3n) is 6.65. The number of aryl methyl sites for hydroxylation is 3. The largest absolute Gasteiger partial charge is 0.434 e. The van der Waals surface area contributed by atoms with E-state index in [4.69, 9.17) is 9.72 Å². The first-order valence-electron chi connectivity index (χ1n) is 12.3. The molecule has 5 rings (SSSR count). The molecule has 0 aromatic carbocycles. The Balaban J connectivity index is 1.35. The molecule has 3 aromatic rings. The van der Waals surface area contributed by atoms with Gasteiger partial charge in [0.15, 0.2) is 11.9 Å². The first kappa shape index (κ1) is 25.1. The molecule has 196 valence electrons. The molecule has 1 N–H and O–H groups in total. The first-order chi connectivity index (χ1) is 17.7. The summed E-state index contributed by atoms with van der Waals surface area (Å²) >= 11 is 0. The molecule has 9 nitrogen and oxygen atoms in total. The van der Waals surface area contributed by atoms with Gasteiger partial charge in [0.2, 0.25) is 0 Å². The number of ether oxygens (including phenoxy) is 1. The molecule has 1 atom stereocenters. The van der Waals surface area contributed by atoms with E-state index >= 15 is 0 Å². The van der Waals surface area contributed by atoms with E-state index in [9.17, 15) is 18.0 Å². The van der Waals surface area contributed by atoms with Crippen LogP contribution in [0, 0.1) is 13.8 Å². The van der Waals surface area contributed by atoms with E-state index in [-0.39, 0.29) is 12.1 Å². The van der Waals surface area contributed by atoms with Crippen LogP contribution in [-0.2, 0) is 23.9 Å². The molecule has 0 bridgehead atoms. The summed E-state index contributed by atoms with van der Waals surface area (Å²) in [4.78, 5) is 27.6. The molecule has 1 saturated heterocycles. The fourth-order valence-electron chi connectivity index (χ4n) is 4.76. The number of anilines is 2. The van der Waals surface area contributed by atoms with Gasteiger partial charge in [-0.25, -0.2) is 14.6 Å². The van der Waals surface area contributed by atoms with Crippen LogP contribution < -0.4 is 10.2 Å². The van der Waals surface area contributed by atoms with Crippen LogP contribution in [0.4, 0.5) is 24.7 Å². The lowest BCUT2D eigenvalue weighted by atomic mass is 10.1. The number of fused-ring (bicyclic) bond motifs is 1. The Hall–Kier alpha value is -3.54. The predicted octanol–water partition coefficient (Wildman–Crippen LogP) is 4.61. The molecule has 2 aliphatic heterocycles. The number of hydrogen-bond acceptors (Lipinski definition) is 7. The monoisotopic (exact) mass is 515 g/mol. The number of pyridine rings is 1. The van der Waals surface area contributed by atoms with E-state index in [1.54, 1.807) is 10.9 Å². The smallest absolute Gasteiger partial charge is 0.364 e. The number of nitrogens with one attached hydrogen (secondary N) is 1. The topological polar surface area (TPSA) is 98.1 Å². The van der Waals surface area contributed by atoms with Crippen molar-refractivity contribution in [3.8, 4) is 0 Å². The Bertz CT molecular complexity index is 1280. The zero-order chi connectivity index (χ0) is 26.2. The average Bonchev–Trinajstić information content (AvgIpc) is 3.27. The summed E-state index contributed by atoms with van der Waals surface area (Å²) in [5, 5.41) is 7.35. The lowest BCUT2D eigenvalue weighted by molar-refractivity contribution is -0.141. The number of nitrogens with zero attached hydrogens (tertiary/aromatic N) is 6. The highest BCUT2D eigenvalue weighted by Gasteiger charge is 2.33. The second-order valence-corrected chi connectivity index (χ2v) is 9.43. The number of rotatable bonds is 5. The molecule has 3 aromatic heterocycles. The highest BCUT2D eigenvalue weighted by Crippen LogP contribution is 2.32. The maximum absolute atomic E-state index is 13.3. The number of carbonyl (C=O) groups is 1. The van der Waals surface area contributed by atoms with Crippen molar-refractivity contribution in [2.24, 2.45) is 0 Å². The summed E-state index contributed by atoms with van der Waals surface area (Å²) in [6.45, 7) is 5.37. The SMILES string of the molecule is Cc1cc2c(nc1NC(=O)c1c(C)cnn1C1CCCCO1)CCCN2Cc1cnc(C(F)(F)F)cn1. The summed E-state index contributed by atoms with van der Waals surface area (Å²) < 4.78 is 45.9. The van der Waals surface area contributed by atoms with Crippen molar-refractivity contribution in [1.29, 1.82) is 0 Å². The van der Waals surface area contributed by atoms with Crippen LogP contribution in [0.2, 0.25) is 0 Å². The van der Waals surface area contributed by atoms with Gasteiger partial charge in [-0.15, -0.1) is 0 Å². The molecule has 5 heterocycles. The average molecular weight is 516 g/mol. The van der Waals surface area contributed by atoms with E-state index in [1.165, 1.54) is 0 Å². The molecule has 0 radical (unpaired) electrons. The van der Waals surface area contributed by atoms with Crippen LogP contribution >= 0.6 is 0 Å². The van der Waals surface area contributed by atoms with Crippen LogP contribution in [0.3, 0.4) is 0 Å². The lowest BCUT2D eigenvalue weighted by Gasteiger charge is -2.31. The van der Waals surface area contributed by atoms with Crippen LogP contribution in [0.1, 0.15) is 70.6 Å². The number of halogens is 3. The molecular formula is C25H28F3N7O2. The number of hydrogen-bond donors (Lipinski definition) is 1. The van der Waals surface area contributed by atoms with Crippen molar-refractivity contribution in [2.45, 2.75) is 64.9 Å². The van der Waals surface area contributed by atoms with Crippen molar-refractivity contribution >= 4 is 17.4 Å². The highest BCUT2D eigenvalue weighted by molar-refractivity contribution is 6.04. The van der Waals surface area contributed by atoms with Gasteiger partial charge in [-0.2, -0.15) is 18.3 Å². The summed E-state index contributed by atoms with van der Waals surface area (Å²) in [6, 6.07) is 1.95. The van der Waals surface area contributed by atoms with Gasteiger partial charge in [0.1, 0.15) is 11.5 Å². The quantitative estimate of drug-likeness (QED) is 0.530. The van der Waals surface area contributed by atoms with Crippen LogP contribution in [0.15, 0.2) is 24.7 Å². The molecule has 1 unspecified atom stereocenters. The Kier molecular flexibility index (Phi) is 6.84. The zero-order valence-electron chi connectivity index (χ0n) is 20.7. The second-order valence-electron chi connectivity index (χ2n) is 9.43. The zero-order valence-corrected chi connectivity index (χ0v) is 20.7. The number of amides is 1. The van der Waals surface area contributed by atoms with Crippen molar-refractivity contribution in [3.63, 3.8) is 0 Å². The first-order valence-corrected chi connectivity index (χ1v) is 12.3. The Morgan fingerprint density at radius 1 is 1.14 bits per heavy atom. The Morgan fingerprint density at radius 2 is 1.97 bits per heavy atom. The van der Waals surface area contributed by atoms with Gasteiger partial charge >= 0.3 is 6.18 Å². The van der Waals surface area contributed by atoms with E-state index < -0.39 is 11.9 Å². The number of carbonyl (C=O) groups excluding carboxylic acids is 1. The minimum atomic E-state index is -4.52. The third kappa shape index (κ3) is 5.29. The van der Waals surface area contributed by atoms with Gasteiger partial charge in [-0.3, -0.25) is 9.78 Å². The van der Waals surface area contributed by atoms with E-state index in [1.807, 2.05) is 24.8 Å². The summed E-state index contributed by atoms with van der Waals surface area (Å²) in [7, 11) is 0. The maximum atomic E-state index is 13.3. The third-order valence-corrected chi connectivity index (χ3v) is 6.65. The van der Waals surface area contributed by atoms with Crippen LogP contribution in [0.25, 0.3) is 0 Å². The van der Waals surface area contributed by atoms with Gasteiger partial charge < -0.3 is 15.0 Å². The lowest BCUT2D eigenvalue weighted by Crippen LogP contribution is -2.31. The predicted molar refractivity (Wildman–Crippen MR) is 129 cm³/mol. The Labute approximate surface area is 212 Å². The maximum Gasteiger partial charge on any atom is 0.434 e. The van der Waals surface area contributed by atoms with Gasteiger partial charge in [-0.05, 0) is 57.6 Å². The minimum Gasteiger partial charge on any atom is -0.364 e. The van der Waals surface area contributed by atoms with Gasteiger partial charge in [0.05, 0.1) is 42.2 Å². The minimum absolute atomic E-state index is 0.261. The van der Waals surface area contributed by atoms with Gasteiger partial charge in [-0.1, -0.05) is 0 Å². The summed E-state index contributed by atoms with van der Waals surface area (Å²) in [5.41, 5.74) is 3.09. The van der Waals surface area contributed by atoms with E-state index in [2.05, 4.69) is 20.4 Å². The van der Waals surface area contributed by atoms with Gasteiger partial charge in [0, 0.05) is 18.7 Å². The molecule has 0 saturated carbocycles. The molecular weight excluding hydrogens is 487 g/mol. The number of aromatic nitrogens is 5. The van der Waals surface area contributed by atoms with Crippen molar-refractivity contribution < 1.29 is 22.7 Å². The van der Waals surface area contributed by atoms with Crippen molar-refractivity contribution in [3.05, 3.63) is 58.6 Å². The molecule has 0 spiro atoms. The highest BCUT2D eigenvalue weighted by atomic mass is 19.4. The van der Waals surface area contributed by atoms with Gasteiger partial charge in [0.25, 0.3) is 5.91 Å². The van der Waals surface area contributed by atoms with E-state index in [0.29, 0.717) is 36.9 Å². The molecule has 37 heavy (non-hydrogen) atoms. The molecule has 1 fully saturated rings. The standard InChI is InChI=1S/C25H28F3N7O2/c1-15-10-19-18(6-5-8-34(19)14-17-12-30-20(13-29-17)25(26,27)28)32-23(15)33-24(36)22-16(2)11-31-35(22)21-7-3-4-9-37-21/h10-13,21H,3-9,14H2,1-2H3,(H,32,33,36). The summed E-state index contributed by atoms with van der Waals surface area (Å²) in [6.07, 6.45) is 3.16. The molecule has 1 amide bonds. The fourth-order valence-corrected chi connectivity index (χ4v) is 4.76. The van der Waals surface area contributed by atoms with E-state index in [0.717, 1.165) is 67.0 Å². The van der Waals surface area contributed by atoms with Crippen LogP contribution in [-0.4, -0.2) is 43.8 Å². The summed E-state index contributed by atoms with van der Waals surface area (Å²) in [5.74, 6) is 0.170. The van der Waals surface area contributed by atoms with Crippen LogP contribution in [0.5, 0.6) is 0 Å². The molecule has 12 heteroatoms. The Morgan fingerprint density at radius 3 is 2.68 bits per heavy atom. The van der Waals surface area contributed by atoms with Crippen molar-refractivity contribution in [2.75, 3.05) is 23.4 Å². The fraction of sp³-hybridized carbons (Fsp3) is 0.480.